The molecule has 1 saturated heterocycles. The smallest absolute Gasteiger partial charge is 0.259 e. The summed E-state index contributed by atoms with van der Waals surface area (Å²) in [5.41, 5.74) is 2.96. The number of rotatable bonds is 2. The standard InChI is InChI=1S/C19H21BrN4O2/c1-10-5-14(11(2)20)17-15(6-10)19(26)22(4)18-16(17)7-21-24(18)13-8-23(9-13)12(3)25/h5-7,11,13H,8-9H2,1-4H3. The molecule has 7 heteroatoms. The zero-order valence-electron chi connectivity index (χ0n) is 15.3. The maximum atomic E-state index is 13.1. The first kappa shape index (κ1) is 17.3. The van der Waals surface area contributed by atoms with Gasteiger partial charge in [0, 0.05) is 48.0 Å². The molecular formula is C19H21BrN4O2. The van der Waals surface area contributed by atoms with E-state index in [2.05, 4.69) is 34.0 Å². The number of benzene rings is 1. The number of aryl methyl sites for hydroxylation is 2. The van der Waals surface area contributed by atoms with E-state index >= 15 is 0 Å². The molecule has 2 aromatic heterocycles. The van der Waals surface area contributed by atoms with Crippen molar-refractivity contribution in [2.45, 2.75) is 31.6 Å². The Morgan fingerprint density at radius 2 is 2.00 bits per heavy atom. The third-order valence-electron chi connectivity index (χ3n) is 5.29. The number of fused-ring (bicyclic) bond motifs is 3. The van der Waals surface area contributed by atoms with Gasteiger partial charge in [0.1, 0.15) is 5.65 Å². The van der Waals surface area contributed by atoms with Crippen molar-refractivity contribution in [3.63, 3.8) is 0 Å². The lowest BCUT2D eigenvalue weighted by Crippen LogP contribution is -2.50. The molecule has 3 aromatic rings. The molecule has 0 saturated carbocycles. The molecule has 0 spiro atoms. The van der Waals surface area contributed by atoms with E-state index in [1.807, 2.05) is 23.9 Å². The number of carbonyl (C=O) groups is 1. The second-order valence-electron chi connectivity index (χ2n) is 7.16. The minimum absolute atomic E-state index is 0.0184. The van der Waals surface area contributed by atoms with Crippen LogP contribution in [0.2, 0.25) is 0 Å². The third kappa shape index (κ3) is 2.40. The Kier molecular flexibility index (Phi) is 3.95. The predicted octanol–water partition coefficient (Wildman–Crippen LogP) is 3.06. The van der Waals surface area contributed by atoms with E-state index in [9.17, 15) is 9.59 Å². The Labute approximate surface area is 159 Å². The summed E-state index contributed by atoms with van der Waals surface area (Å²) in [6.45, 7) is 6.92. The lowest BCUT2D eigenvalue weighted by molar-refractivity contribution is -0.134. The Morgan fingerprint density at radius 3 is 2.62 bits per heavy atom. The molecule has 1 unspecified atom stereocenters. The second-order valence-corrected chi connectivity index (χ2v) is 8.53. The number of alkyl halides is 1. The van der Waals surface area contributed by atoms with Gasteiger partial charge in [0.25, 0.3) is 5.56 Å². The highest BCUT2D eigenvalue weighted by atomic mass is 79.9. The molecule has 1 aliphatic heterocycles. The van der Waals surface area contributed by atoms with Crippen molar-refractivity contribution in [2.75, 3.05) is 13.1 Å². The van der Waals surface area contributed by atoms with Gasteiger partial charge in [-0.25, -0.2) is 4.68 Å². The first-order valence-electron chi connectivity index (χ1n) is 8.69. The first-order chi connectivity index (χ1) is 12.3. The van der Waals surface area contributed by atoms with E-state index in [4.69, 9.17) is 0 Å². The van der Waals surface area contributed by atoms with Crippen LogP contribution in [0, 0.1) is 6.92 Å². The van der Waals surface area contributed by atoms with Crippen molar-refractivity contribution in [1.29, 1.82) is 0 Å². The molecule has 3 heterocycles. The second kappa shape index (κ2) is 5.94. The number of nitrogens with zero attached hydrogens (tertiary/aromatic N) is 4. The Bertz CT molecular complexity index is 1110. The van der Waals surface area contributed by atoms with Crippen molar-refractivity contribution in [3.8, 4) is 0 Å². The summed E-state index contributed by atoms with van der Waals surface area (Å²) in [7, 11) is 1.79. The number of amides is 1. The highest BCUT2D eigenvalue weighted by molar-refractivity contribution is 9.09. The lowest BCUT2D eigenvalue weighted by atomic mass is 9.98. The van der Waals surface area contributed by atoms with Crippen molar-refractivity contribution in [3.05, 3.63) is 39.8 Å². The van der Waals surface area contributed by atoms with Gasteiger partial charge < -0.3 is 4.90 Å². The van der Waals surface area contributed by atoms with Crippen LogP contribution in [0.5, 0.6) is 0 Å². The normalized spacial score (nSPS) is 16.3. The van der Waals surface area contributed by atoms with Gasteiger partial charge in [0.05, 0.1) is 12.2 Å². The van der Waals surface area contributed by atoms with Crippen LogP contribution in [0.15, 0.2) is 23.1 Å². The van der Waals surface area contributed by atoms with Gasteiger partial charge >= 0.3 is 0 Å². The first-order valence-corrected chi connectivity index (χ1v) is 9.61. The summed E-state index contributed by atoms with van der Waals surface area (Å²) in [5.74, 6) is 0.0722. The number of hydrogen-bond acceptors (Lipinski definition) is 3. The average Bonchev–Trinajstić information content (AvgIpc) is 2.94. The molecular weight excluding hydrogens is 396 g/mol. The van der Waals surface area contributed by atoms with Crippen LogP contribution in [0.1, 0.15) is 35.8 Å². The zero-order valence-corrected chi connectivity index (χ0v) is 16.9. The molecule has 26 heavy (non-hydrogen) atoms. The summed E-state index contributed by atoms with van der Waals surface area (Å²) in [6.07, 6.45) is 1.85. The van der Waals surface area contributed by atoms with Crippen LogP contribution < -0.4 is 5.56 Å². The molecule has 1 aliphatic rings. The van der Waals surface area contributed by atoms with E-state index < -0.39 is 0 Å². The van der Waals surface area contributed by atoms with Gasteiger partial charge in [-0.1, -0.05) is 22.0 Å². The fraction of sp³-hybridized carbons (Fsp3) is 0.421. The fourth-order valence-electron chi connectivity index (χ4n) is 3.88. The van der Waals surface area contributed by atoms with Gasteiger partial charge in [0.2, 0.25) is 5.91 Å². The van der Waals surface area contributed by atoms with E-state index in [1.54, 1.807) is 23.4 Å². The molecule has 0 radical (unpaired) electrons. The Balaban J connectivity index is 2.01. The minimum atomic E-state index is -0.0184. The number of carbonyl (C=O) groups excluding carboxylic acids is 1. The van der Waals surface area contributed by atoms with E-state index in [0.29, 0.717) is 13.1 Å². The highest BCUT2D eigenvalue weighted by Crippen LogP contribution is 2.35. The molecule has 6 nitrogen and oxygen atoms in total. The lowest BCUT2D eigenvalue weighted by Gasteiger charge is -2.38. The van der Waals surface area contributed by atoms with Crippen LogP contribution >= 0.6 is 15.9 Å². The SMILES string of the molecule is CC(=O)N1CC(n2ncc3c4c(C(C)Br)cc(C)cc4c(=O)n(C)c32)C1. The van der Waals surface area contributed by atoms with Crippen LogP contribution in [0.25, 0.3) is 21.8 Å². The quantitative estimate of drug-likeness (QED) is 0.603. The van der Waals surface area contributed by atoms with Gasteiger partial charge in [-0.2, -0.15) is 5.10 Å². The van der Waals surface area contributed by atoms with E-state index in [1.165, 1.54) is 0 Å². The van der Waals surface area contributed by atoms with Crippen LogP contribution in [-0.4, -0.2) is 38.2 Å². The molecule has 0 N–H and O–H groups in total. The van der Waals surface area contributed by atoms with Crippen LogP contribution in [0.4, 0.5) is 0 Å². The summed E-state index contributed by atoms with van der Waals surface area (Å²) in [4.78, 5) is 26.5. The topological polar surface area (TPSA) is 60.1 Å². The molecule has 1 aromatic carbocycles. The average molecular weight is 417 g/mol. The van der Waals surface area contributed by atoms with Crippen LogP contribution in [-0.2, 0) is 11.8 Å². The maximum absolute atomic E-state index is 13.1. The number of hydrogen-bond donors (Lipinski definition) is 0. The van der Waals surface area contributed by atoms with Crippen molar-refractivity contribution < 1.29 is 4.79 Å². The maximum Gasteiger partial charge on any atom is 0.259 e. The fourth-order valence-corrected chi connectivity index (χ4v) is 4.24. The molecule has 1 atom stereocenters. The Morgan fingerprint density at radius 1 is 1.31 bits per heavy atom. The highest BCUT2D eigenvalue weighted by Gasteiger charge is 2.32. The third-order valence-corrected chi connectivity index (χ3v) is 5.78. The Hall–Kier alpha value is -2.15. The van der Waals surface area contributed by atoms with Gasteiger partial charge in [-0.3, -0.25) is 14.2 Å². The molecule has 0 bridgehead atoms. The van der Waals surface area contributed by atoms with Gasteiger partial charge in [0.15, 0.2) is 0 Å². The zero-order chi connectivity index (χ0) is 18.7. The number of halogens is 1. The summed E-state index contributed by atoms with van der Waals surface area (Å²) in [5, 5.41) is 7.25. The van der Waals surface area contributed by atoms with Gasteiger partial charge in [-0.15, -0.1) is 0 Å². The number of aromatic nitrogens is 3. The number of likely N-dealkylation sites (tertiary alicyclic amines) is 1. The molecule has 4 rings (SSSR count). The monoisotopic (exact) mass is 416 g/mol. The van der Waals surface area contributed by atoms with Gasteiger partial charge in [-0.05, 0) is 31.0 Å². The van der Waals surface area contributed by atoms with Crippen LogP contribution in [0.3, 0.4) is 0 Å². The molecule has 0 aliphatic carbocycles. The largest absolute Gasteiger partial charge is 0.339 e. The number of pyridine rings is 1. The van der Waals surface area contributed by atoms with Crippen molar-refractivity contribution in [1.82, 2.24) is 19.2 Å². The van der Waals surface area contributed by atoms with E-state index in [-0.39, 0.29) is 22.3 Å². The molecule has 1 fully saturated rings. The van der Waals surface area contributed by atoms with Crippen molar-refractivity contribution in [2.24, 2.45) is 7.05 Å². The summed E-state index contributed by atoms with van der Waals surface area (Å²) < 4.78 is 3.58. The summed E-state index contributed by atoms with van der Waals surface area (Å²) >= 11 is 3.67. The molecule has 136 valence electrons. The summed E-state index contributed by atoms with van der Waals surface area (Å²) in [6, 6.07) is 4.18. The molecule has 1 amide bonds. The minimum Gasteiger partial charge on any atom is -0.339 e. The van der Waals surface area contributed by atoms with Crippen molar-refractivity contribution >= 4 is 43.6 Å². The predicted molar refractivity (Wildman–Crippen MR) is 106 cm³/mol. The van der Waals surface area contributed by atoms with E-state index in [0.717, 1.165) is 32.9 Å².